The van der Waals surface area contributed by atoms with Crippen molar-refractivity contribution in [2.75, 3.05) is 59.0 Å². The molecular formula is C25H34Cl2N4O3. The summed E-state index contributed by atoms with van der Waals surface area (Å²) in [5.74, 6) is 0.306. The molecular weight excluding hydrogens is 475 g/mol. The first kappa shape index (κ1) is 24.3. The summed E-state index contributed by atoms with van der Waals surface area (Å²) < 4.78 is 6.10. The minimum atomic E-state index is 0.0160. The first-order chi connectivity index (χ1) is 16.5. The normalized spacial score (nSPS) is 28.4. The van der Waals surface area contributed by atoms with Crippen LogP contribution in [0.25, 0.3) is 0 Å². The maximum Gasteiger partial charge on any atom is 0.236 e. The largest absolute Gasteiger partial charge is 0.378 e. The highest BCUT2D eigenvalue weighted by Gasteiger charge is 2.48. The Morgan fingerprint density at radius 1 is 0.853 bits per heavy atom. The van der Waals surface area contributed by atoms with Crippen LogP contribution in [0.15, 0.2) is 18.2 Å². The van der Waals surface area contributed by atoms with Crippen molar-refractivity contribution < 1.29 is 14.3 Å². The minimum absolute atomic E-state index is 0.0160. The highest BCUT2D eigenvalue weighted by atomic mass is 35.5. The lowest BCUT2D eigenvalue weighted by molar-refractivity contribution is -0.155. The van der Waals surface area contributed by atoms with Crippen LogP contribution in [0.2, 0.25) is 10.0 Å². The van der Waals surface area contributed by atoms with E-state index in [9.17, 15) is 9.59 Å². The van der Waals surface area contributed by atoms with Crippen molar-refractivity contribution in [2.24, 2.45) is 0 Å². The van der Waals surface area contributed by atoms with E-state index in [1.165, 1.54) is 12.8 Å². The summed E-state index contributed by atoms with van der Waals surface area (Å²) in [7, 11) is 0. The van der Waals surface area contributed by atoms with Crippen molar-refractivity contribution in [3.05, 3.63) is 33.8 Å². The van der Waals surface area contributed by atoms with Crippen LogP contribution in [0.3, 0.4) is 0 Å². The summed E-state index contributed by atoms with van der Waals surface area (Å²) in [6.07, 6.45) is 4.84. The molecule has 2 unspecified atom stereocenters. The van der Waals surface area contributed by atoms with Crippen LogP contribution in [-0.4, -0.2) is 109 Å². The van der Waals surface area contributed by atoms with Gasteiger partial charge in [-0.3, -0.25) is 19.4 Å². The predicted octanol–water partition coefficient (Wildman–Crippen LogP) is 2.53. The third-order valence-corrected chi connectivity index (χ3v) is 8.63. The zero-order valence-corrected chi connectivity index (χ0v) is 21.1. The summed E-state index contributed by atoms with van der Waals surface area (Å²) in [6.45, 7) is 6.71. The molecule has 34 heavy (non-hydrogen) atoms. The average molecular weight is 509 g/mol. The SMILES string of the molecule is O=C(CN1CCN(C(=O)Cc2ccc(Cl)c(Cl)c2)[C@@H]2C(N3CCCC3)COCC21)N1CCCC1. The van der Waals surface area contributed by atoms with E-state index >= 15 is 0 Å². The van der Waals surface area contributed by atoms with E-state index in [1.807, 2.05) is 11.0 Å². The van der Waals surface area contributed by atoms with Gasteiger partial charge in [0.05, 0.1) is 54.4 Å². The number of fused-ring (bicyclic) bond motifs is 1. The second-order valence-corrected chi connectivity index (χ2v) is 10.8. The first-order valence-electron chi connectivity index (χ1n) is 12.6. The molecule has 0 N–H and O–H groups in total. The Bertz CT molecular complexity index is 904. The zero-order chi connectivity index (χ0) is 23.7. The van der Waals surface area contributed by atoms with Crippen LogP contribution in [0, 0.1) is 0 Å². The van der Waals surface area contributed by atoms with Gasteiger partial charge in [-0.15, -0.1) is 0 Å². The molecule has 4 fully saturated rings. The number of hydrogen-bond donors (Lipinski definition) is 0. The van der Waals surface area contributed by atoms with Crippen LogP contribution in [0.4, 0.5) is 0 Å². The van der Waals surface area contributed by atoms with Gasteiger partial charge < -0.3 is 14.5 Å². The number of carbonyl (C=O) groups is 2. The van der Waals surface area contributed by atoms with E-state index in [1.54, 1.807) is 12.1 Å². The van der Waals surface area contributed by atoms with Gasteiger partial charge in [0.1, 0.15) is 0 Å². The molecule has 4 saturated heterocycles. The molecule has 1 aromatic rings. The Labute approximate surface area is 211 Å². The van der Waals surface area contributed by atoms with Crippen LogP contribution in [0.5, 0.6) is 0 Å². The monoisotopic (exact) mass is 508 g/mol. The van der Waals surface area contributed by atoms with Gasteiger partial charge in [-0.1, -0.05) is 29.3 Å². The molecule has 0 bridgehead atoms. The Hall–Kier alpha value is -1.38. The smallest absolute Gasteiger partial charge is 0.236 e. The third kappa shape index (κ3) is 5.09. The number of halogens is 2. The van der Waals surface area contributed by atoms with Gasteiger partial charge in [-0.2, -0.15) is 0 Å². The van der Waals surface area contributed by atoms with Crippen molar-refractivity contribution in [3.8, 4) is 0 Å². The number of likely N-dealkylation sites (tertiary alicyclic amines) is 2. The second kappa shape index (κ2) is 10.7. The molecule has 4 aliphatic rings. The van der Waals surface area contributed by atoms with Crippen LogP contribution >= 0.6 is 23.2 Å². The molecule has 0 aliphatic carbocycles. The summed E-state index contributed by atoms with van der Waals surface area (Å²) in [5.41, 5.74) is 0.868. The molecule has 1 aromatic carbocycles. The third-order valence-electron chi connectivity index (χ3n) is 7.89. The van der Waals surface area contributed by atoms with E-state index in [4.69, 9.17) is 27.9 Å². The molecule has 5 rings (SSSR count). The lowest BCUT2D eigenvalue weighted by Gasteiger charge is -2.54. The number of amides is 2. The zero-order valence-electron chi connectivity index (χ0n) is 19.6. The summed E-state index contributed by atoms with van der Waals surface area (Å²) in [6, 6.07) is 5.60. The van der Waals surface area contributed by atoms with Crippen molar-refractivity contribution in [3.63, 3.8) is 0 Å². The van der Waals surface area contributed by atoms with E-state index in [0.717, 1.165) is 44.6 Å². The van der Waals surface area contributed by atoms with Crippen molar-refractivity contribution >= 4 is 35.0 Å². The fraction of sp³-hybridized carbons (Fsp3) is 0.680. The molecule has 0 aromatic heterocycles. The van der Waals surface area contributed by atoms with Gasteiger partial charge in [0.2, 0.25) is 11.8 Å². The molecule has 0 radical (unpaired) electrons. The topological polar surface area (TPSA) is 56.3 Å². The van der Waals surface area contributed by atoms with Gasteiger partial charge in [0.15, 0.2) is 0 Å². The van der Waals surface area contributed by atoms with Gasteiger partial charge in [-0.25, -0.2) is 0 Å². The highest BCUT2D eigenvalue weighted by Crippen LogP contribution is 2.31. The number of piperazine rings is 1. The van der Waals surface area contributed by atoms with Gasteiger partial charge in [-0.05, 0) is 56.5 Å². The maximum absolute atomic E-state index is 13.6. The highest BCUT2D eigenvalue weighted by molar-refractivity contribution is 6.42. The summed E-state index contributed by atoms with van der Waals surface area (Å²) in [5, 5.41) is 0.962. The number of hydrogen-bond acceptors (Lipinski definition) is 5. The molecule has 0 spiro atoms. The molecule has 4 aliphatic heterocycles. The molecule has 186 valence electrons. The minimum Gasteiger partial charge on any atom is -0.378 e. The Morgan fingerprint density at radius 3 is 2.29 bits per heavy atom. The van der Waals surface area contributed by atoms with E-state index in [2.05, 4.69) is 14.7 Å². The number of ether oxygens (including phenoxy) is 1. The molecule has 7 nitrogen and oxygen atoms in total. The average Bonchev–Trinajstić information content (AvgIpc) is 3.56. The molecule has 0 saturated carbocycles. The second-order valence-electron chi connectivity index (χ2n) is 9.98. The fourth-order valence-corrected chi connectivity index (χ4v) is 6.42. The lowest BCUT2D eigenvalue weighted by atomic mass is 9.91. The summed E-state index contributed by atoms with van der Waals surface area (Å²) in [4.78, 5) is 35.4. The number of nitrogens with zero attached hydrogens (tertiary/aromatic N) is 4. The standard InChI is InChI=1S/C25H34Cl2N4O3/c26-19-6-5-18(13-20(19)27)14-23(32)31-12-11-30(15-24(33)29-9-3-4-10-29)22-17-34-16-21(25(22)31)28-7-1-2-8-28/h5-6,13,21-22,25H,1-4,7-12,14-17H2/t21?,22?,25-/m1/s1. The van der Waals surface area contributed by atoms with Gasteiger partial charge in [0, 0.05) is 26.2 Å². The van der Waals surface area contributed by atoms with Crippen LogP contribution in [0.1, 0.15) is 31.2 Å². The van der Waals surface area contributed by atoms with E-state index < -0.39 is 0 Å². The van der Waals surface area contributed by atoms with E-state index in [-0.39, 0.29) is 29.9 Å². The summed E-state index contributed by atoms with van der Waals surface area (Å²) >= 11 is 12.3. The number of benzene rings is 1. The Kier molecular flexibility index (Phi) is 7.66. The number of rotatable bonds is 5. The molecule has 3 atom stereocenters. The first-order valence-corrected chi connectivity index (χ1v) is 13.3. The maximum atomic E-state index is 13.6. The van der Waals surface area contributed by atoms with Crippen LogP contribution in [-0.2, 0) is 20.7 Å². The fourth-order valence-electron chi connectivity index (χ4n) is 6.10. The molecule has 4 heterocycles. The molecule has 9 heteroatoms. The predicted molar refractivity (Wildman–Crippen MR) is 132 cm³/mol. The van der Waals surface area contributed by atoms with Crippen molar-refractivity contribution in [1.29, 1.82) is 0 Å². The van der Waals surface area contributed by atoms with Gasteiger partial charge in [0.25, 0.3) is 0 Å². The van der Waals surface area contributed by atoms with Crippen molar-refractivity contribution in [2.45, 2.75) is 50.2 Å². The Morgan fingerprint density at radius 2 is 1.56 bits per heavy atom. The molecule has 2 amide bonds. The Balaban J connectivity index is 1.36. The van der Waals surface area contributed by atoms with Gasteiger partial charge >= 0.3 is 0 Å². The number of carbonyl (C=O) groups excluding carboxylic acids is 2. The van der Waals surface area contributed by atoms with E-state index in [0.29, 0.717) is 49.3 Å². The lowest BCUT2D eigenvalue weighted by Crippen LogP contribution is -2.72. The van der Waals surface area contributed by atoms with Crippen LogP contribution < -0.4 is 0 Å². The quantitative estimate of drug-likeness (QED) is 0.611. The van der Waals surface area contributed by atoms with Crippen molar-refractivity contribution in [1.82, 2.24) is 19.6 Å².